The summed E-state index contributed by atoms with van der Waals surface area (Å²) in [7, 11) is 0. The first kappa shape index (κ1) is 17.5. The lowest BCUT2D eigenvalue weighted by Gasteiger charge is -2.31. The third kappa shape index (κ3) is 4.39. The van der Waals surface area contributed by atoms with Crippen LogP contribution in [0.2, 0.25) is 0 Å². The number of aromatic nitrogens is 1. The third-order valence-corrected chi connectivity index (χ3v) is 4.44. The zero-order chi connectivity index (χ0) is 17.8. The predicted molar refractivity (Wildman–Crippen MR) is 92.4 cm³/mol. The Bertz CT molecular complexity index is 704. The van der Waals surface area contributed by atoms with Gasteiger partial charge in [0.2, 0.25) is 5.91 Å². The number of amides is 1. The molecule has 1 fully saturated rings. The molecule has 6 heteroatoms. The molecule has 25 heavy (non-hydrogen) atoms. The molecule has 1 aliphatic heterocycles. The van der Waals surface area contributed by atoms with Gasteiger partial charge in [0, 0.05) is 13.1 Å². The summed E-state index contributed by atoms with van der Waals surface area (Å²) < 4.78 is 16.4. The Balaban J connectivity index is 1.54. The van der Waals surface area contributed by atoms with Gasteiger partial charge >= 0.3 is 0 Å². The van der Waals surface area contributed by atoms with Gasteiger partial charge in [0.25, 0.3) is 0 Å². The Morgan fingerprint density at radius 3 is 2.72 bits per heavy atom. The van der Waals surface area contributed by atoms with Crippen LogP contribution < -0.4 is 4.74 Å². The number of ether oxygens (including phenoxy) is 2. The maximum atomic E-state index is 12.4. The van der Waals surface area contributed by atoms with Crippen LogP contribution in [0.3, 0.4) is 0 Å². The fraction of sp³-hybridized carbons (Fsp3) is 0.474. The van der Waals surface area contributed by atoms with Gasteiger partial charge in [-0.25, -0.2) is 0 Å². The molecular weight excluding hydrogens is 320 g/mol. The Hall–Kier alpha value is -2.34. The highest BCUT2D eigenvalue weighted by molar-refractivity contribution is 5.79. The Labute approximate surface area is 147 Å². The van der Waals surface area contributed by atoms with E-state index in [0.717, 1.165) is 28.3 Å². The van der Waals surface area contributed by atoms with Gasteiger partial charge in [-0.1, -0.05) is 17.3 Å². The topological polar surface area (TPSA) is 64.8 Å². The highest BCUT2D eigenvalue weighted by Gasteiger charge is 2.21. The number of hydrogen-bond donors (Lipinski definition) is 0. The Morgan fingerprint density at radius 1 is 1.32 bits per heavy atom. The lowest BCUT2D eigenvalue weighted by atomic mass is 10.1. The highest BCUT2D eigenvalue weighted by atomic mass is 16.5. The average Bonchev–Trinajstić information content (AvgIpc) is 2.92. The standard InChI is InChI=1S/C19H24N2O4/c1-13-11-21(8-9-23-13)19(22)10-16-4-6-17(7-5-16)24-12-18-14(2)20-25-15(18)3/h4-7,13H,8-12H2,1-3H3/t13-/m0/s1. The molecule has 1 aliphatic rings. The maximum Gasteiger partial charge on any atom is 0.227 e. The van der Waals surface area contributed by atoms with E-state index in [0.29, 0.717) is 32.7 Å². The van der Waals surface area contributed by atoms with E-state index in [9.17, 15) is 4.79 Å². The number of nitrogens with zero attached hydrogens (tertiary/aromatic N) is 2. The number of morpholine rings is 1. The minimum atomic E-state index is 0.109. The van der Waals surface area contributed by atoms with Crippen LogP contribution in [0.1, 0.15) is 29.5 Å². The molecule has 1 saturated heterocycles. The van der Waals surface area contributed by atoms with Gasteiger partial charge in [-0.15, -0.1) is 0 Å². The van der Waals surface area contributed by atoms with Crippen molar-refractivity contribution in [1.29, 1.82) is 0 Å². The predicted octanol–water partition coefficient (Wildman–Crippen LogP) is 2.66. The van der Waals surface area contributed by atoms with Crippen LogP contribution in [0, 0.1) is 13.8 Å². The fourth-order valence-electron chi connectivity index (χ4n) is 2.90. The van der Waals surface area contributed by atoms with Crippen LogP contribution in [0.5, 0.6) is 5.75 Å². The summed E-state index contributed by atoms with van der Waals surface area (Å²) in [6.07, 6.45) is 0.509. The van der Waals surface area contributed by atoms with Crippen molar-refractivity contribution in [3.8, 4) is 5.75 Å². The van der Waals surface area contributed by atoms with Crippen LogP contribution in [-0.2, 0) is 22.6 Å². The van der Waals surface area contributed by atoms with E-state index in [1.807, 2.05) is 49.9 Å². The van der Waals surface area contributed by atoms with Crippen molar-refractivity contribution in [3.63, 3.8) is 0 Å². The second-order valence-electron chi connectivity index (χ2n) is 6.43. The zero-order valence-electron chi connectivity index (χ0n) is 14.9. The van der Waals surface area contributed by atoms with Crippen molar-refractivity contribution in [2.45, 2.75) is 39.9 Å². The summed E-state index contributed by atoms with van der Waals surface area (Å²) in [6, 6.07) is 7.65. The highest BCUT2D eigenvalue weighted by Crippen LogP contribution is 2.18. The molecule has 1 amide bonds. The second-order valence-corrected chi connectivity index (χ2v) is 6.43. The smallest absolute Gasteiger partial charge is 0.227 e. The van der Waals surface area contributed by atoms with Crippen LogP contribution in [-0.4, -0.2) is 41.8 Å². The molecule has 0 unspecified atom stereocenters. The zero-order valence-corrected chi connectivity index (χ0v) is 14.9. The largest absolute Gasteiger partial charge is 0.489 e. The first-order valence-electron chi connectivity index (χ1n) is 8.56. The van der Waals surface area contributed by atoms with Gasteiger partial charge in [0.15, 0.2) is 0 Å². The van der Waals surface area contributed by atoms with Crippen molar-refractivity contribution >= 4 is 5.91 Å². The molecule has 0 saturated carbocycles. The average molecular weight is 344 g/mol. The number of rotatable bonds is 5. The van der Waals surface area contributed by atoms with Gasteiger partial charge < -0.3 is 18.9 Å². The molecule has 1 aromatic carbocycles. The monoisotopic (exact) mass is 344 g/mol. The minimum absolute atomic E-state index is 0.109. The molecule has 0 spiro atoms. The van der Waals surface area contributed by atoms with Crippen molar-refractivity contribution in [1.82, 2.24) is 10.1 Å². The Kier molecular flexibility index (Phi) is 5.38. The lowest BCUT2D eigenvalue weighted by Crippen LogP contribution is -2.45. The van der Waals surface area contributed by atoms with E-state index in [1.165, 1.54) is 0 Å². The summed E-state index contributed by atoms with van der Waals surface area (Å²) >= 11 is 0. The normalized spacial score (nSPS) is 17.6. The van der Waals surface area contributed by atoms with Gasteiger partial charge in [0.1, 0.15) is 18.1 Å². The molecule has 0 radical (unpaired) electrons. The number of aryl methyl sites for hydroxylation is 2. The van der Waals surface area contributed by atoms with Crippen molar-refractivity contribution in [2.75, 3.05) is 19.7 Å². The van der Waals surface area contributed by atoms with Crippen molar-refractivity contribution in [3.05, 3.63) is 46.8 Å². The summed E-state index contributed by atoms with van der Waals surface area (Å²) in [6.45, 7) is 8.13. The molecular formula is C19H24N2O4. The van der Waals surface area contributed by atoms with E-state index >= 15 is 0 Å². The molecule has 3 rings (SSSR count). The fourth-order valence-corrected chi connectivity index (χ4v) is 2.90. The summed E-state index contributed by atoms with van der Waals surface area (Å²) in [4.78, 5) is 14.2. The summed E-state index contributed by atoms with van der Waals surface area (Å²) in [5.74, 6) is 1.68. The first-order chi connectivity index (χ1) is 12.0. The minimum Gasteiger partial charge on any atom is -0.489 e. The number of benzene rings is 1. The van der Waals surface area contributed by atoms with Gasteiger partial charge in [0.05, 0.1) is 30.4 Å². The summed E-state index contributed by atoms with van der Waals surface area (Å²) in [5.41, 5.74) is 2.80. The maximum absolute atomic E-state index is 12.4. The number of carbonyl (C=O) groups is 1. The third-order valence-electron chi connectivity index (χ3n) is 4.44. The van der Waals surface area contributed by atoms with E-state index < -0.39 is 0 Å². The molecule has 2 aromatic rings. The van der Waals surface area contributed by atoms with Crippen LogP contribution >= 0.6 is 0 Å². The van der Waals surface area contributed by atoms with Crippen molar-refractivity contribution in [2.24, 2.45) is 0 Å². The number of hydrogen-bond acceptors (Lipinski definition) is 5. The lowest BCUT2D eigenvalue weighted by molar-refractivity contribution is -0.137. The molecule has 0 bridgehead atoms. The van der Waals surface area contributed by atoms with Gasteiger partial charge in [-0.05, 0) is 38.5 Å². The molecule has 0 aliphatic carbocycles. The quantitative estimate of drug-likeness (QED) is 0.834. The van der Waals surface area contributed by atoms with E-state index in [-0.39, 0.29) is 12.0 Å². The summed E-state index contributed by atoms with van der Waals surface area (Å²) in [5, 5.41) is 3.92. The molecule has 134 valence electrons. The van der Waals surface area contributed by atoms with Crippen LogP contribution in [0.25, 0.3) is 0 Å². The molecule has 0 N–H and O–H groups in total. The Morgan fingerprint density at radius 2 is 2.08 bits per heavy atom. The molecule has 2 heterocycles. The molecule has 1 atom stereocenters. The van der Waals surface area contributed by atoms with Gasteiger partial charge in [-0.3, -0.25) is 4.79 Å². The van der Waals surface area contributed by atoms with Gasteiger partial charge in [-0.2, -0.15) is 0 Å². The number of carbonyl (C=O) groups excluding carboxylic acids is 1. The van der Waals surface area contributed by atoms with E-state index in [1.54, 1.807) is 0 Å². The van der Waals surface area contributed by atoms with E-state index in [2.05, 4.69) is 5.16 Å². The van der Waals surface area contributed by atoms with Crippen molar-refractivity contribution < 1.29 is 18.8 Å². The van der Waals surface area contributed by atoms with Crippen LogP contribution in [0.15, 0.2) is 28.8 Å². The first-order valence-corrected chi connectivity index (χ1v) is 8.56. The molecule has 1 aromatic heterocycles. The SMILES string of the molecule is Cc1noc(C)c1COc1ccc(CC(=O)N2CCO[C@@H](C)C2)cc1. The van der Waals surface area contributed by atoms with E-state index in [4.69, 9.17) is 14.0 Å². The van der Waals surface area contributed by atoms with Crippen LogP contribution in [0.4, 0.5) is 0 Å². The molecule has 6 nitrogen and oxygen atoms in total. The second kappa shape index (κ2) is 7.70.